The van der Waals surface area contributed by atoms with Crippen molar-refractivity contribution in [2.45, 2.75) is 45.4 Å². The van der Waals surface area contributed by atoms with Crippen LogP contribution in [0.2, 0.25) is 0 Å². The lowest BCUT2D eigenvalue weighted by molar-refractivity contribution is -0.136. The van der Waals surface area contributed by atoms with Gasteiger partial charge in [-0.2, -0.15) is 0 Å². The molecule has 5 nitrogen and oxygen atoms in total. The van der Waals surface area contributed by atoms with Gasteiger partial charge >= 0.3 is 11.9 Å². The Morgan fingerprint density at radius 1 is 1.28 bits per heavy atom. The van der Waals surface area contributed by atoms with E-state index in [-0.39, 0.29) is 34.6 Å². The second-order valence-electron chi connectivity index (χ2n) is 8.18. The minimum Gasteiger partial charge on any atom is -0.461 e. The van der Waals surface area contributed by atoms with Crippen LogP contribution in [0, 0.1) is 22.7 Å². The molecule has 1 spiro atoms. The fourth-order valence-electron chi connectivity index (χ4n) is 5.71. The molecule has 1 saturated carbocycles. The molecule has 0 N–H and O–H groups in total. The molecule has 2 aliphatic heterocycles. The van der Waals surface area contributed by atoms with E-state index >= 15 is 0 Å². The lowest BCUT2D eigenvalue weighted by atomic mass is 9.46. The van der Waals surface area contributed by atoms with Crippen LogP contribution >= 0.6 is 0 Å². The van der Waals surface area contributed by atoms with Crippen LogP contribution in [0.15, 0.2) is 23.3 Å². The number of esters is 2. The maximum absolute atomic E-state index is 12.2. The molecule has 25 heavy (non-hydrogen) atoms. The van der Waals surface area contributed by atoms with E-state index in [9.17, 15) is 14.4 Å². The van der Waals surface area contributed by atoms with Crippen molar-refractivity contribution >= 4 is 18.2 Å². The first-order valence-electron chi connectivity index (χ1n) is 9.19. The number of allylic oxidation sites excluding steroid dienone is 1. The zero-order valence-electron chi connectivity index (χ0n) is 14.6. The van der Waals surface area contributed by atoms with Crippen LogP contribution in [0.4, 0.5) is 0 Å². The first-order chi connectivity index (χ1) is 12.0. The summed E-state index contributed by atoms with van der Waals surface area (Å²) in [5, 5.41) is 0. The van der Waals surface area contributed by atoms with E-state index in [2.05, 4.69) is 13.0 Å². The summed E-state index contributed by atoms with van der Waals surface area (Å²) < 4.78 is 10.4. The van der Waals surface area contributed by atoms with E-state index in [1.54, 1.807) is 6.08 Å². The zero-order valence-corrected chi connectivity index (χ0v) is 14.6. The van der Waals surface area contributed by atoms with Crippen molar-refractivity contribution < 1.29 is 23.9 Å². The van der Waals surface area contributed by atoms with Crippen molar-refractivity contribution in [2.75, 3.05) is 13.2 Å². The maximum Gasteiger partial charge on any atom is 0.334 e. The number of ether oxygens (including phenoxy) is 2. The van der Waals surface area contributed by atoms with Crippen molar-refractivity contribution in [3.63, 3.8) is 0 Å². The molecule has 0 aromatic rings. The average molecular weight is 344 g/mol. The molecule has 0 bridgehead atoms. The fraction of sp³-hybridized carbons (Fsp3) is 0.650. The third-order valence-corrected chi connectivity index (χ3v) is 7.10. The van der Waals surface area contributed by atoms with E-state index in [1.165, 1.54) is 0 Å². The topological polar surface area (TPSA) is 69.7 Å². The normalized spacial score (nSPS) is 39.7. The van der Waals surface area contributed by atoms with Gasteiger partial charge in [-0.05, 0) is 55.4 Å². The Morgan fingerprint density at radius 3 is 2.84 bits per heavy atom. The Labute approximate surface area is 147 Å². The molecule has 5 heteroatoms. The quantitative estimate of drug-likeness (QED) is 0.579. The number of hydrogen-bond donors (Lipinski definition) is 0. The number of carbonyl (C=O) groups excluding carboxylic acids is 3. The summed E-state index contributed by atoms with van der Waals surface area (Å²) in [5.41, 5.74) is 1.43. The highest BCUT2D eigenvalue weighted by atomic mass is 16.5. The molecule has 2 fully saturated rings. The first kappa shape index (κ1) is 16.6. The summed E-state index contributed by atoms with van der Waals surface area (Å²) >= 11 is 0. The van der Waals surface area contributed by atoms with Gasteiger partial charge in [0.15, 0.2) is 0 Å². The molecule has 4 aliphatic rings. The van der Waals surface area contributed by atoms with Crippen LogP contribution in [0.25, 0.3) is 0 Å². The van der Waals surface area contributed by atoms with Gasteiger partial charge < -0.3 is 14.3 Å². The highest BCUT2D eigenvalue weighted by Crippen LogP contribution is 2.63. The highest BCUT2D eigenvalue weighted by Gasteiger charge is 2.61. The second kappa shape index (κ2) is 5.82. The predicted molar refractivity (Wildman–Crippen MR) is 89.4 cm³/mol. The molecule has 0 amide bonds. The van der Waals surface area contributed by atoms with E-state index in [1.807, 2.05) is 0 Å². The monoisotopic (exact) mass is 344 g/mol. The van der Waals surface area contributed by atoms with Crippen LogP contribution in [0.1, 0.15) is 45.4 Å². The smallest absolute Gasteiger partial charge is 0.334 e. The Bertz CT molecular complexity index is 690. The third-order valence-electron chi connectivity index (χ3n) is 7.10. The van der Waals surface area contributed by atoms with Crippen LogP contribution in [0.3, 0.4) is 0 Å². The van der Waals surface area contributed by atoms with E-state index in [0.717, 1.165) is 56.0 Å². The van der Waals surface area contributed by atoms with Gasteiger partial charge in [-0.3, -0.25) is 0 Å². The van der Waals surface area contributed by atoms with E-state index in [0.29, 0.717) is 13.2 Å². The zero-order chi connectivity index (χ0) is 17.7. The van der Waals surface area contributed by atoms with Gasteiger partial charge in [0.05, 0.1) is 0 Å². The minimum absolute atomic E-state index is 0.0169. The molecule has 0 radical (unpaired) electrons. The van der Waals surface area contributed by atoms with Gasteiger partial charge in [0, 0.05) is 23.0 Å². The first-order valence-corrected chi connectivity index (χ1v) is 9.19. The highest BCUT2D eigenvalue weighted by molar-refractivity contribution is 5.92. The summed E-state index contributed by atoms with van der Waals surface area (Å²) in [6.45, 7) is 3.01. The van der Waals surface area contributed by atoms with Crippen molar-refractivity contribution in [2.24, 2.45) is 22.7 Å². The second-order valence-corrected chi connectivity index (χ2v) is 8.18. The SMILES string of the molecule is C[C@]1(CCC2=CC(=O)OC2)[C@H](C=O)CC[C@]23COC(=O)C2=CCC[C@@H]31. The summed E-state index contributed by atoms with van der Waals surface area (Å²) in [7, 11) is 0. The van der Waals surface area contributed by atoms with E-state index in [4.69, 9.17) is 9.47 Å². The van der Waals surface area contributed by atoms with Crippen molar-refractivity contribution in [1.82, 2.24) is 0 Å². The van der Waals surface area contributed by atoms with Crippen molar-refractivity contribution in [3.8, 4) is 0 Å². The summed E-state index contributed by atoms with van der Waals surface area (Å²) in [6.07, 6.45) is 9.80. The summed E-state index contributed by atoms with van der Waals surface area (Å²) in [4.78, 5) is 35.3. The molecule has 2 aliphatic carbocycles. The summed E-state index contributed by atoms with van der Waals surface area (Å²) in [5.74, 6) is -0.204. The molecule has 0 unspecified atom stereocenters. The van der Waals surface area contributed by atoms with Gasteiger partial charge in [0.25, 0.3) is 0 Å². The fourth-order valence-corrected chi connectivity index (χ4v) is 5.71. The number of hydrogen-bond acceptors (Lipinski definition) is 5. The van der Waals surface area contributed by atoms with Gasteiger partial charge in [0.2, 0.25) is 0 Å². The standard InChI is InChI=1S/C20H24O5/c1-19(7-5-13-9-17(22)24-11-13)14(10-21)6-8-20-12-25-18(23)15(20)3-2-4-16(19)20/h3,9-10,14,16H,2,4-8,11-12H2,1H3/t14-,16+,19-,20-/m0/s1. The van der Waals surface area contributed by atoms with Gasteiger partial charge in [0.1, 0.15) is 19.5 Å². The van der Waals surface area contributed by atoms with Crippen LogP contribution in [-0.2, 0) is 23.9 Å². The van der Waals surface area contributed by atoms with Crippen molar-refractivity contribution in [3.05, 3.63) is 23.3 Å². The molecule has 4 rings (SSSR count). The van der Waals surface area contributed by atoms with Crippen LogP contribution in [-0.4, -0.2) is 31.4 Å². The molecule has 1 saturated heterocycles. The molecular formula is C20H24O5. The molecule has 134 valence electrons. The Balaban J connectivity index is 1.65. The Kier molecular flexibility index (Phi) is 3.85. The molecule has 4 atom stereocenters. The van der Waals surface area contributed by atoms with Gasteiger partial charge in [-0.1, -0.05) is 13.0 Å². The predicted octanol–water partition coefficient (Wildman–Crippen LogP) is 2.74. The molecular weight excluding hydrogens is 320 g/mol. The lowest BCUT2D eigenvalue weighted by Crippen LogP contribution is -2.52. The number of cyclic esters (lactones) is 2. The Hall–Kier alpha value is -1.91. The van der Waals surface area contributed by atoms with Gasteiger partial charge in [-0.15, -0.1) is 0 Å². The van der Waals surface area contributed by atoms with E-state index < -0.39 is 0 Å². The molecule has 0 aromatic heterocycles. The van der Waals surface area contributed by atoms with Gasteiger partial charge in [-0.25, -0.2) is 9.59 Å². The van der Waals surface area contributed by atoms with Crippen LogP contribution in [0.5, 0.6) is 0 Å². The molecule has 0 aromatic carbocycles. The maximum atomic E-state index is 12.2. The third kappa shape index (κ3) is 2.39. The Morgan fingerprint density at radius 2 is 2.12 bits per heavy atom. The average Bonchev–Trinajstić information content (AvgIpc) is 3.17. The number of rotatable bonds is 4. The largest absolute Gasteiger partial charge is 0.461 e. The van der Waals surface area contributed by atoms with Crippen molar-refractivity contribution in [1.29, 1.82) is 0 Å². The molecule has 2 heterocycles. The number of aldehydes is 1. The van der Waals surface area contributed by atoms with Crippen LogP contribution < -0.4 is 0 Å². The number of carbonyl (C=O) groups is 3. The summed E-state index contributed by atoms with van der Waals surface area (Å²) in [6, 6.07) is 0. The minimum atomic E-state index is -0.273. The lowest BCUT2D eigenvalue weighted by Gasteiger charge is -2.56.